The fourth-order valence-corrected chi connectivity index (χ4v) is 3.09. The standard InChI is InChI=1S/C17H22N2O2S/c1-13-6-4-8-16(14(13)2)12-19-11-15-7-5-9-17(10-15)22(20,21)18-3/h4-10,18-19H,11-12H2,1-3H3. The molecule has 0 saturated carbocycles. The molecule has 0 heterocycles. The van der Waals surface area contributed by atoms with Crippen LogP contribution in [-0.2, 0) is 23.1 Å². The molecule has 4 nitrogen and oxygen atoms in total. The van der Waals surface area contributed by atoms with E-state index in [1.165, 1.54) is 23.7 Å². The summed E-state index contributed by atoms with van der Waals surface area (Å²) in [6.07, 6.45) is 0. The minimum absolute atomic E-state index is 0.293. The predicted molar refractivity (Wildman–Crippen MR) is 89.1 cm³/mol. The normalized spacial score (nSPS) is 11.6. The van der Waals surface area contributed by atoms with Crippen molar-refractivity contribution in [2.45, 2.75) is 31.8 Å². The number of nitrogens with one attached hydrogen (secondary N) is 2. The van der Waals surface area contributed by atoms with Gasteiger partial charge in [-0.2, -0.15) is 0 Å². The van der Waals surface area contributed by atoms with Crippen LogP contribution in [0.5, 0.6) is 0 Å². The molecule has 0 saturated heterocycles. The average Bonchev–Trinajstić information content (AvgIpc) is 2.52. The zero-order chi connectivity index (χ0) is 16.2. The largest absolute Gasteiger partial charge is 0.309 e. The first kappa shape index (κ1) is 16.7. The Balaban J connectivity index is 2.04. The van der Waals surface area contributed by atoms with E-state index in [1.54, 1.807) is 18.2 Å². The topological polar surface area (TPSA) is 58.2 Å². The van der Waals surface area contributed by atoms with E-state index in [9.17, 15) is 8.42 Å². The number of hydrogen-bond donors (Lipinski definition) is 2. The zero-order valence-electron chi connectivity index (χ0n) is 13.2. The smallest absolute Gasteiger partial charge is 0.240 e. The maximum absolute atomic E-state index is 11.8. The van der Waals surface area contributed by atoms with Crippen LogP contribution in [0.3, 0.4) is 0 Å². The van der Waals surface area contributed by atoms with Gasteiger partial charge in [0.1, 0.15) is 0 Å². The van der Waals surface area contributed by atoms with Crippen molar-refractivity contribution in [3.63, 3.8) is 0 Å². The van der Waals surface area contributed by atoms with Gasteiger partial charge in [0.15, 0.2) is 0 Å². The molecule has 2 N–H and O–H groups in total. The van der Waals surface area contributed by atoms with E-state index in [4.69, 9.17) is 0 Å². The molecule has 0 spiro atoms. The van der Waals surface area contributed by atoms with Gasteiger partial charge < -0.3 is 5.32 Å². The molecular weight excluding hydrogens is 296 g/mol. The maximum atomic E-state index is 11.8. The first-order valence-electron chi connectivity index (χ1n) is 7.22. The summed E-state index contributed by atoms with van der Waals surface area (Å²) in [4.78, 5) is 0.293. The van der Waals surface area contributed by atoms with Crippen molar-refractivity contribution in [3.8, 4) is 0 Å². The minimum Gasteiger partial charge on any atom is -0.309 e. The first-order chi connectivity index (χ1) is 10.4. The van der Waals surface area contributed by atoms with E-state index in [1.807, 2.05) is 6.07 Å². The molecule has 2 aromatic carbocycles. The van der Waals surface area contributed by atoms with Gasteiger partial charge in [-0.1, -0.05) is 30.3 Å². The summed E-state index contributed by atoms with van der Waals surface area (Å²) in [5.74, 6) is 0. The maximum Gasteiger partial charge on any atom is 0.240 e. The number of hydrogen-bond acceptors (Lipinski definition) is 3. The van der Waals surface area contributed by atoms with Crippen molar-refractivity contribution in [1.29, 1.82) is 0 Å². The third kappa shape index (κ3) is 3.94. The summed E-state index contributed by atoms with van der Waals surface area (Å²) in [7, 11) is -1.97. The Labute approximate surface area is 132 Å². The number of rotatable bonds is 6. The van der Waals surface area contributed by atoms with Gasteiger partial charge in [-0.25, -0.2) is 13.1 Å². The molecular formula is C17H22N2O2S. The van der Waals surface area contributed by atoms with Crippen LogP contribution < -0.4 is 10.0 Å². The van der Waals surface area contributed by atoms with Crippen LogP contribution in [0.25, 0.3) is 0 Å². The average molecular weight is 318 g/mol. The molecule has 2 aromatic rings. The summed E-state index contributed by atoms with van der Waals surface area (Å²) in [6.45, 7) is 5.61. The van der Waals surface area contributed by atoms with Crippen LogP contribution in [0.15, 0.2) is 47.4 Å². The van der Waals surface area contributed by atoms with E-state index in [-0.39, 0.29) is 0 Å². The third-order valence-corrected chi connectivity index (χ3v) is 5.25. The van der Waals surface area contributed by atoms with Gasteiger partial charge in [0.25, 0.3) is 0 Å². The van der Waals surface area contributed by atoms with Gasteiger partial charge in [-0.15, -0.1) is 0 Å². The van der Waals surface area contributed by atoms with Crippen LogP contribution in [0.2, 0.25) is 0 Å². The fraction of sp³-hybridized carbons (Fsp3) is 0.294. The summed E-state index contributed by atoms with van der Waals surface area (Å²) >= 11 is 0. The molecule has 2 rings (SSSR count). The van der Waals surface area contributed by atoms with Crippen molar-refractivity contribution in [3.05, 3.63) is 64.7 Å². The van der Waals surface area contributed by atoms with Crippen LogP contribution in [0.1, 0.15) is 22.3 Å². The monoisotopic (exact) mass is 318 g/mol. The summed E-state index contributed by atoms with van der Waals surface area (Å²) in [6, 6.07) is 13.2. The molecule has 0 aromatic heterocycles. The first-order valence-corrected chi connectivity index (χ1v) is 8.70. The molecule has 0 aliphatic rings. The molecule has 0 atom stereocenters. The Bertz CT molecular complexity index is 755. The Morgan fingerprint density at radius 2 is 1.73 bits per heavy atom. The second-order valence-electron chi connectivity index (χ2n) is 5.32. The summed E-state index contributed by atoms with van der Waals surface area (Å²) in [5, 5.41) is 3.37. The summed E-state index contributed by atoms with van der Waals surface area (Å²) in [5.41, 5.74) is 4.78. The molecule has 0 radical (unpaired) electrons. The highest BCUT2D eigenvalue weighted by molar-refractivity contribution is 7.89. The van der Waals surface area contributed by atoms with Crippen LogP contribution >= 0.6 is 0 Å². The van der Waals surface area contributed by atoms with E-state index in [2.05, 4.69) is 42.1 Å². The van der Waals surface area contributed by atoms with E-state index in [0.29, 0.717) is 11.4 Å². The molecule has 0 bridgehead atoms. The second-order valence-corrected chi connectivity index (χ2v) is 7.20. The van der Waals surface area contributed by atoms with Crippen molar-refractivity contribution in [1.82, 2.24) is 10.0 Å². The van der Waals surface area contributed by atoms with Gasteiger partial charge in [0, 0.05) is 13.1 Å². The Hall–Kier alpha value is -1.69. The van der Waals surface area contributed by atoms with Gasteiger partial charge in [0.2, 0.25) is 10.0 Å². The SMILES string of the molecule is CNS(=O)(=O)c1cccc(CNCc2cccc(C)c2C)c1. The van der Waals surface area contributed by atoms with Crippen molar-refractivity contribution in [2.75, 3.05) is 7.05 Å². The molecule has 0 unspecified atom stereocenters. The van der Waals surface area contributed by atoms with Crippen molar-refractivity contribution in [2.24, 2.45) is 0 Å². The van der Waals surface area contributed by atoms with Crippen molar-refractivity contribution >= 4 is 10.0 Å². The molecule has 118 valence electrons. The molecule has 0 amide bonds. The molecule has 22 heavy (non-hydrogen) atoms. The van der Waals surface area contributed by atoms with E-state index >= 15 is 0 Å². The van der Waals surface area contributed by atoms with Gasteiger partial charge in [-0.05, 0) is 55.3 Å². The lowest BCUT2D eigenvalue weighted by atomic mass is 10.0. The van der Waals surface area contributed by atoms with Gasteiger partial charge >= 0.3 is 0 Å². The van der Waals surface area contributed by atoms with E-state index in [0.717, 1.165) is 12.1 Å². The highest BCUT2D eigenvalue weighted by Gasteiger charge is 2.11. The quantitative estimate of drug-likeness (QED) is 0.860. The van der Waals surface area contributed by atoms with Crippen LogP contribution in [-0.4, -0.2) is 15.5 Å². The lowest BCUT2D eigenvalue weighted by Crippen LogP contribution is -2.19. The Morgan fingerprint density at radius 3 is 2.45 bits per heavy atom. The highest BCUT2D eigenvalue weighted by atomic mass is 32.2. The second kappa shape index (κ2) is 7.05. The molecule has 0 aliphatic heterocycles. The zero-order valence-corrected chi connectivity index (χ0v) is 14.0. The summed E-state index contributed by atoms with van der Waals surface area (Å²) < 4.78 is 25.9. The van der Waals surface area contributed by atoms with Gasteiger partial charge in [-0.3, -0.25) is 0 Å². The van der Waals surface area contributed by atoms with E-state index < -0.39 is 10.0 Å². The molecule has 0 fully saturated rings. The molecule has 5 heteroatoms. The lowest BCUT2D eigenvalue weighted by molar-refractivity contribution is 0.588. The third-order valence-electron chi connectivity index (χ3n) is 3.84. The van der Waals surface area contributed by atoms with Gasteiger partial charge in [0.05, 0.1) is 4.90 Å². The minimum atomic E-state index is -3.39. The number of benzene rings is 2. The van der Waals surface area contributed by atoms with Crippen LogP contribution in [0.4, 0.5) is 0 Å². The Morgan fingerprint density at radius 1 is 1.00 bits per heavy atom. The van der Waals surface area contributed by atoms with Crippen molar-refractivity contribution < 1.29 is 8.42 Å². The number of sulfonamides is 1. The highest BCUT2D eigenvalue weighted by Crippen LogP contribution is 2.14. The predicted octanol–water partition coefficient (Wildman–Crippen LogP) is 2.50. The number of aryl methyl sites for hydroxylation is 1. The fourth-order valence-electron chi connectivity index (χ4n) is 2.29. The molecule has 0 aliphatic carbocycles. The lowest BCUT2D eigenvalue weighted by Gasteiger charge is -2.10. The van der Waals surface area contributed by atoms with Crippen LogP contribution in [0, 0.1) is 13.8 Å². The Kier molecular flexibility index (Phi) is 5.34.